The highest BCUT2D eigenvalue weighted by atomic mass is 32.2. The van der Waals surface area contributed by atoms with E-state index in [0.717, 1.165) is 12.1 Å². The summed E-state index contributed by atoms with van der Waals surface area (Å²) in [5.41, 5.74) is 0.289. The van der Waals surface area contributed by atoms with Gasteiger partial charge in [-0.2, -0.15) is 8.42 Å². The summed E-state index contributed by atoms with van der Waals surface area (Å²) >= 11 is 0. The van der Waals surface area contributed by atoms with Crippen LogP contribution < -0.4 is 9.47 Å². The van der Waals surface area contributed by atoms with E-state index in [0.29, 0.717) is 0 Å². The fourth-order valence-corrected chi connectivity index (χ4v) is 2.53. The van der Waals surface area contributed by atoms with Crippen molar-refractivity contribution >= 4 is 22.1 Å². The van der Waals surface area contributed by atoms with E-state index in [1.165, 1.54) is 30.3 Å². The van der Waals surface area contributed by atoms with Gasteiger partial charge in [-0.05, 0) is 36.4 Å². The molecule has 8 heteroatoms. The monoisotopic (exact) mass is 320 g/mol. The summed E-state index contributed by atoms with van der Waals surface area (Å²) in [7, 11) is -4.67. The third-order valence-corrected chi connectivity index (χ3v) is 3.84. The van der Waals surface area contributed by atoms with Gasteiger partial charge in [0.2, 0.25) is 0 Å². The predicted octanol–water partition coefficient (Wildman–Crippen LogP) is 1.69. The molecular weight excluding hydrogens is 312 g/mol. The van der Waals surface area contributed by atoms with Gasteiger partial charge >= 0.3 is 11.9 Å². The lowest BCUT2D eigenvalue weighted by molar-refractivity contribution is 0.0710. The Morgan fingerprint density at radius 3 is 1.91 bits per heavy atom. The molecule has 0 spiro atoms. The average molecular weight is 320 g/mol. The maximum atomic E-state index is 12.0. The predicted molar refractivity (Wildman–Crippen MR) is 72.6 cm³/mol. The van der Waals surface area contributed by atoms with Crippen LogP contribution in [-0.4, -0.2) is 24.9 Å². The van der Waals surface area contributed by atoms with Gasteiger partial charge in [-0.25, -0.2) is 9.59 Å². The molecule has 4 bridgehead atoms. The van der Waals surface area contributed by atoms with Gasteiger partial charge in [-0.15, -0.1) is 0 Å². The molecule has 0 aromatic heterocycles. The van der Waals surface area contributed by atoms with Crippen molar-refractivity contribution < 1.29 is 32.0 Å². The van der Waals surface area contributed by atoms with Gasteiger partial charge in [0.25, 0.3) is 10.1 Å². The third-order valence-electron chi connectivity index (χ3n) is 2.96. The second-order valence-corrected chi connectivity index (χ2v) is 5.83. The molecule has 0 unspecified atom stereocenters. The maximum absolute atomic E-state index is 12.0. The van der Waals surface area contributed by atoms with Gasteiger partial charge in [0.05, 0.1) is 11.1 Å². The average Bonchev–Trinajstić information content (AvgIpc) is 2.46. The minimum atomic E-state index is -4.67. The molecule has 0 saturated carbocycles. The van der Waals surface area contributed by atoms with Crippen LogP contribution in [0, 0.1) is 0 Å². The molecule has 2 aromatic carbocycles. The molecule has 0 atom stereocenters. The first-order valence-electron chi connectivity index (χ1n) is 6.00. The topological polar surface area (TPSA) is 107 Å². The normalized spacial score (nSPS) is 14.0. The second kappa shape index (κ2) is 4.93. The van der Waals surface area contributed by atoms with Gasteiger partial charge in [0.15, 0.2) is 5.75 Å². The van der Waals surface area contributed by atoms with Crippen molar-refractivity contribution in [3.8, 4) is 11.5 Å². The summed E-state index contributed by atoms with van der Waals surface area (Å²) in [5, 5.41) is 0. The number of rotatable bonds is 1. The molecule has 0 fully saturated rings. The highest BCUT2D eigenvalue weighted by Gasteiger charge is 2.23. The van der Waals surface area contributed by atoms with Gasteiger partial charge in [-0.1, -0.05) is 0 Å². The molecule has 112 valence electrons. The van der Waals surface area contributed by atoms with E-state index >= 15 is 0 Å². The van der Waals surface area contributed by atoms with Gasteiger partial charge in [-0.3, -0.25) is 4.55 Å². The first-order valence-corrected chi connectivity index (χ1v) is 7.44. The van der Waals surface area contributed by atoms with Crippen LogP contribution >= 0.6 is 0 Å². The summed E-state index contributed by atoms with van der Waals surface area (Å²) in [6, 6.07) is 8.75. The zero-order chi connectivity index (χ0) is 15.9. The van der Waals surface area contributed by atoms with E-state index in [-0.39, 0.29) is 22.6 Å². The number of ether oxygens (including phenoxy) is 2. The molecule has 0 saturated heterocycles. The Labute approximate surface area is 124 Å². The fourth-order valence-electron chi connectivity index (χ4n) is 1.90. The van der Waals surface area contributed by atoms with Crippen molar-refractivity contribution in [1.82, 2.24) is 0 Å². The van der Waals surface area contributed by atoms with Crippen molar-refractivity contribution in [2.24, 2.45) is 0 Å². The van der Waals surface area contributed by atoms with Crippen molar-refractivity contribution in [2.45, 2.75) is 4.90 Å². The quantitative estimate of drug-likeness (QED) is 0.484. The molecule has 2 aromatic rings. The number of benzene rings is 2. The maximum Gasteiger partial charge on any atom is 0.343 e. The Morgan fingerprint density at radius 2 is 1.36 bits per heavy atom. The van der Waals surface area contributed by atoms with Gasteiger partial charge in [0, 0.05) is 6.07 Å². The summed E-state index contributed by atoms with van der Waals surface area (Å²) in [4.78, 5) is 23.2. The molecule has 0 radical (unpaired) electrons. The molecule has 4 aliphatic rings. The molecule has 6 rings (SSSR count). The van der Waals surface area contributed by atoms with Crippen molar-refractivity contribution in [2.75, 3.05) is 0 Å². The largest absolute Gasteiger partial charge is 0.423 e. The van der Waals surface area contributed by atoms with E-state index in [9.17, 15) is 22.6 Å². The molecule has 4 aliphatic heterocycles. The van der Waals surface area contributed by atoms with Gasteiger partial charge in [0.1, 0.15) is 10.6 Å². The van der Waals surface area contributed by atoms with Crippen LogP contribution in [0.25, 0.3) is 0 Å². The van der Waals surface area contributed by atoms with E-state index in [2.05, 4.69) is 0 Å². The Kier molecular flexibility index (Phi) is 3.19. The van der Waals surface area contributed by atoms with Crippen LogP contribution in [0.4, 0.5) is 0 Å². The minimum Gasteiger partial charge on any atom is -0.423 e. The number of carbonyl (C=O) groups excluding carboxylic acids is 2. The highest BCUT2D eigenvalue weighted by molar-refractivity contribution is 7.86. The van der Waals surface area contributed by atoms with E-state index in [1.54, 1.807) is 0 Å². The van der Waals surface area contributed by atoms with Crippen molar-refractivity contribution in [3.05, 3.63) is 53.6 Å². The zero-order valence-corrected chi connectivity index (χ0v) is 11.7. The molecule has 0 amide bonds. The smallest absolute Gasteiger partial charge is 0.343 e. The minimum absolute atomic E-state index is 0.109. The lowest BCUT2D eigenvalue weighted by atomic mass is 10.1. The first-order chi connectivity index (χ1) is 10.3. The highest BCUT2D eigenvalue weighted by Crippen LogP contribution is 2.30. The van der Waals surface area contributed by atoms with Crippen LogP contribution in [0.3, 0.4) is 0 Å². The second-order valence-electron chi connectivity index (χ2n) is 4.44. The van der Waals surface area contributed by atoms with Crippen LogP contribution in [-0.2, 0) is 10.1 Å². The summed E-state index contributed by atoms with van der Waals surface area (Å²) in [6.07, 6.45) is 0. The Morgan fingerprint density at radius 1 is 0.818 bits per heavy atom. The third kappa shape index (κ3) is 2.57. The Balaban J connectivity index is 2.22. The fraction of sp³-hybridized carbons (Fsp3) is 0. The SMILES string of the molecule is O=C1Oc2ccc(c(S(=O)(=O)O)c2)OC(=O)c2ccc1cc2. The molecule has 0 aliphatic carbocycles. The van der Waals surface area contributed by atoms with E-state index in [4.69, 9.17) is 9.47 Å². The Bertz CT molecular complexity index is 882. The van der Waals surface area contributed by atoms with Crippen LogP contribution in [0.5, 0.6) is 11.5 Å². The van der Waals surface area contributed by atoms with E-state index < -0.39 is 27.0 Å². The standard InChI is InChI=1S/C14H8O7S/c15-13-8-1-3-9(4-2-8)14(16)21-11-6-5-10(20-13)7-12(11)22(17,18)19/h1-7H,(H,17,18,19). The molecule has 22 heavy (non-hydrogen) atoms. The van der Waals surface area contributed by atoms with Crippen molar-refractivity contribution in [3.63, 3.8) is 0 Å². The zero-order valence-electron chi connectivity index (χ0n) is 10.8. The lowest BCUT2D eigenvalue weighted by Gasteiger charge is -2.12. The number of hydrogen-bond donors (Lipinski definition) is 1. The summed E-state index contributed by atoms with van der Waals surface area (Å²) in [6.45, 7) is 0. The van der Waals surface area contributed by atoms with Crippen LogP contribution in [0.15, 0.2) is 47.4 Å². The number of esters is 2. The lowest BCUT2D eigenvalue weighted by Crippen LogP contribution is -2.15. The number of hydrogen-bond acceptors (Lipinski definition) is 6. The van der Waals surface area contributed by atoms with Gasteiger partial charge < -0.3 is 9.47 Å². The van der Waals surface area contributed by atoms with Crippen LogP contribution in [0.2, 0.25) is 0 Å². The molecular formula is C14H8O7S. The molecule has 7 nitrogen and oxygen atoms in total. The summed E-state index contributed by atoms with van der Waals surface area (Å²) < 4.78 is 42.0. The van der Waals surface area contributed by atoms with Crippen molar-refractivity contribution in [1.29, 1.82) is 0 Å². The first kappa shape index (κ1) is 14.2. The number of carbonyl (C=O) groups is 2. The van der Waals surface area contributed by atoms with E-state index in [1.807, 2.05) is 0 Å². The Hall–Kier alpha value is -2.71. The molecule has 4 heterocycles. The molecule has 1 N–H and O–H groups in total. The van der Waals surface area contributed by atoms with Crippen LogP contribution in [0.1, 0.15) is 20.7 Å². The summed E-state index contributed by atoms with van der Waals surface area (Å²) in [5.74, 6) is -2.02.